The minimum absolute atomic E-state index is 0.462. The number of hydrogen-bond donors (Lipinski definition) is 2. The Morgan fingerprint density at radius 3 is 2.88 bits per heavy atom. The summed E-state index contributed by atoms with van der Waals surface area (Å²) in [4.78, 5) is 5.58. The van der Waals surface area contributed by atoms with Crippen LogP contribution in [-0.2, 0) is 0 Å². The Morgan fingerprint density at radius 2 is 2.12 bits per heavy atom. The van der Waals surface area contributed by atoms with Crippen LogP contribution in [0.1, 0.15) is 13.3 Å². The molecule has 0 bridgehead atoms. The average molecular weight is 217 g/mol. The maximum atomic E-state index is 5.60. The van der Waals surface area contributed by atoms with E-state index in [0.717, 1.165) is 13.0 Å². The van der Waals surface area contributed by atoms with Crippen molar-refractivity contribution in [1.82, 2.24) is 4.98 Å². The van der Waals surface area contributed by atoms with E-state index in [0.29, 0.717) is 6.04 Å². The molecule has 1 unspecified atom stereocenters. The van der Waals surface area contributed by atoms with Crippen molar-refractivity contribution in [3.05, 3.63) is 30.5 Å². The van der Waals surface area contributed by atoms with E-state index in [1.54, 1.807) is 0 Å². The first kappa shape index (κ1) is 11.0. The lowest BCUT2D eigenvalue weighted by atomic mass is 10.1. The zero-order valence-corrected chi connectivity index (χ0v) is 9.90. The van der Waals surface area contributed by atoms with Gasteiger partial charge in [0.2, 0.25) is 0 Å². The van der Waals surface area contributed by atoms with Crippen molar-refractivity contribution in [2.24, 2.45) is 5.73 Å². The zero-order chi connectivity index (χ0) is 11.5. The molecule has 2 rings (SSSR count). The van der Waals surface area contributed by atoms with Crippen LogP contribution in [0.3, 0.4) is 0 Å². The first-order valence-electron chi connectivity index (χ1n) is 5.73. The van der Waals surface area contributed by atoms with E-state index in [9.17, 15) is 0 Å². The fourth-order valence-corrected chi connectivity index (χ4v) is 2.02. The van der Waals surface area contributed by atoms with Crippen molar-refractivity contribution in [3.63, 3.8) is 0 Å². The number of aromatic amines is 1. The molecular formula is C13H19N3. The smallest absolute Gasteiger partial charge is 0.0623 e. The maximum Gasteiger partial charge on any atom is 0.0623 e. The highest BCUT2D eigenvalue weighted by Crippen LogP contribution is 2.27. The molecule has 3 N–H and O–H groups in total. The molecule has 2 aromatic rings. The van der Waals surface area contributed by atoms with Gasteiger partial charge >= 0.3 is 0 Å². The topological polar surface area (TPSA) is 45.0 Å². The van der Waals surface area contributed by atoms with Crippen LogP contribution >= 0.6 is 0 Å². The van der Waals surface area contributed by atoms with Gasteiger partial charge in [0.25, 0.3) is 0 Å². The van der Waals surface area contributed by atoms with E-state index in [1.165, 1.54) is 16.6 Å². The van der Waals surface area contributed by atoms with Gasteiger partial charge < -0.3 is 15.6 Å². The zero-order valence-electron chi connectivity index (χ0n) is 9.90. The lowest BCUT2D eigenvalue weighted by Crippen LogP contribution is -2.30. The van der Waals surface area contributed by atoms with Gasteiger partial charge in [-0.3, -0.25) is 0 Å². The summed E-state index contributed by atoms with van der Waals surface area (Å²) in [6.45, 7) is 2.93. The molecule has 86 valence electrons. The molecule has 3 heteroatoms. The fourth-order valence-electron chi connectivity index (χ4n) is 2.02. The monoisotopic (exact) mass is 217 g/mol. The van der Waals surface area contributed by atoms with Crippen LogP contribution in [0.5, 0.6) is 0 Å². The van der Waals surface area contributed by atoms with Gasteiger partial charge in [-0.2, -0.15) is 0 Å². The Bertz CT molecular complexity index is 461. The van der Waals surface area contributed by atoms with Crippen LogP contribution in [-0.4, -0.2) is 24.6 Å². The normalized spacial score (nSPS) is 12.9. The third-order valence-corrected chi connectivity index (χ3v) is 3.19. The number of para-hydroxylation sites is 1. The van der Waals surface area contributed by atoms with E-state index in [2.05, 4.69) is 48.3 Å². The van der Waals surface area contributed by atoms with Gasteiger partial charge in [0, 0.05) is 30.2 Å². The molecule has 0 fully saturated rings. The molecule has 1 aromatic carbocycles. The minimum Gasteiger partial charge on any atom is -0.370 e. The molecule has 0 spiro atoms. The lowest BCUT2D eigenvalue weighted by Gasteiger charge is -2.26. The number of nitrogens with one attached hydrogen (secondary N) is 1. The van der Waals surface area contributed by atoms with E-state index >= 15 is 0 Å². The van der Waals surface area contributed by atoms with Crippen LogP contribution in [0.15, 0.2) is 30.5 Å². The van der Waals surface area contributed by atoms with Crippen molar-refractivity contribution < 1.29 is 0 Å². The Morgan fingerprint density at radius 1 is 1.38 bits per heavy atom. The Hall–Kier alpha value is -1.48. The molecule has 0 aliphatic heterocycles. The van der Waals surface area contributed by atoms with E-state index < -0.39 is 0 Å². The third kappa shape index (κ3) is 1.91. The second-order valence-electron chi connectivity index (χ2n) is 4.26. The summed E-state index contributed by atoms with van der Waals surface area (Å²) in [7, 11) is 2.12. The van der Waals surface area contributed by atoms with Gasteiger partial charge in [-0.15, -0.1) is 0 Å². The Kier molecular flexibility index (Phi) is 3.15. The summed E-state index contributed by atoms with van der Waals surface area (Å²) in [5.74, 6) is 0. The van der Waals surface area contributed by atoms with E-state index in [1.807, 2.05) is 6.07 Å². The van der Waals surface area contributed by atoms with E-state index in [4.69, 9.17) is 5.73 Å². The number of nitrogens with zero attached hydrogens (tertiary/aromatic N) is 1. The summed E-state index contributed by atoms with van der Waals surface area (Å²) < 4.78 is 0. The fraction of sp³-hybridized carbons (Fsp3) is 0.385. The number of rotatable bonds is 4. The van der Waals surface area contributed by atoms with Crippen LogP contribution in [0.25, 0.3) is 10.9 Å². The number of benzene rings is 1. The number of nitrogens with two attached hydrogens (primary N) is 1. The molecule has 0 saturated carbocycles. The van der Waals surface area contributed by atoms with Crippen molar-refractivity contribution in [2.75, 3.05) is 18.5 Å². The van der Waals surface area contributed by atoms with Crippen molar-refractivity contribution in [3.8, 4) is 0 Å². The van der Waals surface area contributed by atoms with Crippen LogP contribution in [0, 0.1) is 0 Å². The van der Waals surface area contributed by atoms with Crippen molar-refractivity contribution in [2.45, 2.75) is 19.4 Å². The standard InChI is InChI=1S/C13H19N3/c1-10(7-8-14)16(2)13-9-15-12-6-4-3-5-11(12)13/h3-6,9-10,15H,7-8,14H2,1-2H3. The lowest BCUT2D eigenvalue weighted by molar-refractivity contribution is 0.636. The summed E-state index contributed by atoms with van der Waals surface area (Å²) in [5.41, 5.74) is 8.03. The molecule has 1 aromatic heterocycles. The SMILES string of the molecule is CC(CCN)N(C)c1c[nH]c2ccccc12. The Labute approximate surface area is 96.2 Å². The molecule has 3 nitrogen and oxygen atoms in total. The van der Waals surface area contributed by atoms with Crippen molar-refractivity contribution >= 4 is 16.6 Å². The molecular weight excluding hydrogens is 198 g/mol. The molecule has 1 heterocycles. The maximum absolute atomic E-state index is 5.60. The molecule has 0 radical (unpaired) electrons. The minimum atomic E-state index is 0.462. The molecule has 0 saturated heterocycles. The third-order valence-electron chi connectivity index (χ3n) is 3.19. The summed E-state index contributed by atoms with van der Waals surface area (Å²) in [5, 5.41) is 1.27. The molecule has 1 atom stereocenters. The highest BCUT2D eigenvalue weighted by Gasteiger charge is 2.12. The summed E-state index contributed by atoms with van der Waals surface area (Å²) in [6, 6.07) is 8.82. The summed E-state index contributed by atoms with van der Waals surface area (Å²) in [6.07, 6.45) is 3.08. The van der Waals surface area contributed by atoms with Crippen LogP contribution in [0.2, 0.25) is 0 Å². The number of hydrogen-bond acceptors (Lipinski definition) is 2. The van der Waals surface area contributed by atoms with E-state index in [-0.39, 0.29) is 0 Å². The number of fused-ring (bicyclic) bond motifs is 1. The largest absolute Gasteiger partial charge is 0.370 e. The molecule has 0 aliphatic rings. The molecule has 0 aliphatic carbocycles. The van der Waals surface area contributed by atoms with Crippen LogP contribution in [0.4, 0.5) is 5.69 Å². The Balaban J connectivity index is 2.32. The van der Waals surface area contributed by atoms with Gasteiger partial charge in [0.05, 0.1) is 5.69 Å². The second-order valence-corrected chi connectivity index (χ2v) is 4.26. The number of aromatic nitrogens is 1. The van der Waals surface area contributed by atoms with Gasteiger partial charge in [0.15, 0.2) is 0 Å². The average Bonchev–Trinajstić information content (AvgIpc) is 2.72. The first-order chi connectivity index (χ1) is 7.74. The highest BCUT2D eigenvalue weighted by atomic mass is 15.1. The van der Waals surface area contributed by atoms with Crippen molar-refractivity contribution in [1.29, 1.82) is 0 Å². The quantitative estimate of drug-likeness (QED) is 0.825. The van der Waals surface area contributed by atoms with Gasteiger partial charge in [0.1, 0.15) is 0 Å². The first-order valence-corrected chi connectivity index (χ1v) is 5.73. The molecule has 0 amide bonds. The van der Waals surface area contributed by atoms with Crippen LogP contribution < -0.4 is 10.6 Å². The predicted octanol–water partition coefficient (Wildman–Crippen LogP) is 2.34. The van der Waals surface area contributed by atoms with Gasteiger partial charge in [-0.25, -0.2) is 0 Å². The predicted molar refractivity (Wildman–Crippen MR) is 69.8 cm³/mol. The summed E-state index contributed by atoms with van der Waals surface area (Å²) >= 11 is 0. The second kappa shape index (κ2) is 4.58. The van der Waals surface area contributed by atoms with Gasteiger partial charge in [-0.1, -0.05) is 18.2 Å². The number of anilines is 1. The van der Waals surface area contributed by atoms with Gasteiger partial charge in [-0.05, 0) is 26.0 Å². The number of H-pyrrole nitrogens is 1. The molecule has 16 heavy (non-hydrogen) atoms. The highest BCUT2D eigenvalue weighted by molar-refractivity contribution is 5.92.